The molecule has 1 N–H and O–H groups in total. The average Bonchev–Trinajstić information content (AvgIpc) is 2.41. The Kier molecular flexibility index (Phi) is 7.80. The molecule has 0 bridgehead atoms. The molecule has 116 valence electrons. The Balaban J connectivity index is 2.54. The minimum absolute atomic E-state index is 0.211. The fourth-order valence-corrected chi connectivity index (χ4v) is 2.51. The number of hydrogen-bond acceptors (Lipinski definition) is 4. The predicted molar refractivity (Wildman–Crippen MR) is 83.9 cm³/mol. The van der Waals surface area contributed by atoms with E-state index in [0.717, 1.165) is 39.0 Å². The molecule has 1 saturated heterocycles. The summed E-state index contributed by atoms with van der Waals surface area (Å²) in [7, 11) is 6.24. The van der Waals surface area contributed by atoms with Crippen LogP contribution in [0.2, 0.25) is 0 Å². The van der Waals surface area contributed by atoms with Crippen LogP contribution >= 0.6 is 0 Å². The second-order valence-corrected chi connectivity index (χ2v) is 5.84. The first-order chi connectivity index (χ1) is 9.54. The SMILES string of the molecule is C=CCNCC(=O)N(CCN(C)C)C1CCN(C)CC1. The van der Waals surface area contributed by atoms with E-state index < -0.39 is 0 Å². The third-order valence-corrected chi connectivity index (χ3v) is 3.80. The molecule has 0 radical (unpaired) electrons. The Hall–Kier alpha value is -0.910. The lowest BCUT2D eigenvalue weighted by Gasteiger charge is -2.38. The maximum absolute atomic E-state index is 12.4. The van der Waals surface area contributed by atoms with Crippen molar-refractivity contribution in [3.05, 3.63) is 12.7 Å². The van der Waals surface area contributed by atoms with E-state index in [4.69, 9.17) is 0 Å². The molecule has 1 amide bonds. The Morgan fingerprint density at radius 1 is 1.35 bits per heavy atom. The number of amides is 1. The predicted octanol–water partition coefficient (Wildman–Crippen LogP) is 0.246. The summed E-state index contributed by atoms with van der Waals surface area (Å²) < 4.78 is 0. The number of nitrogens with one attached hydrogen (secondary N) is 1. The molecule has 0 aromatic heterocycles. The van der Waals surface area contributed by atoms with Crippen molar-refractivity contribution in [2.75, 3.05) is 60.4 Å². The van der Waals surface area contributed by atoms with Gasteiger partial charge in [0.15, 0.2) is 0 Å². The molecule has 0 spiro atoms. The summed E-state index contributed by atoms with van der Waals surface area (Å²) in [5.41, 5.74) is 0. The summed E-state index contributed by atoms with van der Waals surface area (Å²) in [5.74, 6) is 0.211. The van der Waals surface area contributed by atoms with Crippen LogP contribution in [0.5, 0.6) is 0 Å². The molecule has 0 atom stereocenters. The van der Waals surface area contributed by atoms with Gasteiger partial charge in [-0.3, -0.25) is 4.79 Å². The summed E-state index contributed by atoms with van der Waals surface area (Å²) in [5, 5.41) is 3.12. The standard InChI is InChI=1S/C15H30N4O/c1-5-8-16-13-15(20)19(12-11-17(2)3)14-6-9-18(4)10-7-14/h5,14,16H,1,6-13H2,2-4H3. The summed E-state index contributed by atoms with van der Waals surface area (Å²) in [6.45, 7) is 8.64. The van der Waals surface area contributed by atoms with Gasteiger partial charge in [0.1, 0.15) is 0 Å². The molecular weight excluding hydrogens is 252 g/mol. The topological polar surface area (TPSA) is 38.8 Å². The Bertz CT molecular complexity index is 298. The van der Waals surface area contributed by atoms with Crippen LogP contribution in [0.4, 0.5) is 0 Å². The fourth-order valence-electron chi connectivity index (χ4n) is 2.51. The normalized spacial score (nSPS) is 17.4. The second-order valence-electron chi connectivity index (χ2n) is 5.84. The van der Waals surface area contributed by atoms with Gasteiger partial charge in [-0.2, -0.15) is 0 Å². The lowest BCUT2D eigenvalue weighted by atomic mass is 10.0. The Morgan fingerprint density at radius 3 is 2.55 bits per heavy atom. The molecule has 0 aromatic carbocycles. The van der Waals surface area contributed by atoms with Crippen LogP contribution in [-0.2, 0) is 4.79 Å². The molecule has 1 aliphatic rings. The molecule has 5 heteroatoms. The summed E-state index contributed by atoms with van der Waals surface area (Å²) in [6, 6.07) is 0.393. The largest absolute Gasteiger partial charge is 0.337 e. The fraction of sp³-hybridized carbons (Fsp3) is 0.800. The zero-order chi connectivity index (χ0) is 15.0. The van der Waals surface area contributed by atoms with Gasteiger partial charge in [0.05, 0.1) is 6.54 Å². The van der Waals surface area contributed by atoms with Crippen molar-refractivity contribution < 1.29 is 4.79 Å². The minimum atomic E-state index is 0.211. The smallest absolute Gasteiger partial charge is 0.236 e. The molecule has 0 unspecified atom stereocenters. The molecule has 1 aliphatic heterocycles. The van der Waals surface area contributed by atoms with E-state index >= 15 is 0 Å². The van der Waals surface area contributed by atoms with Crippen LogP contribution in [0.25, 0.3) is 0 Å². The number of rotatable bonds is 8. The zero-order valence-electron chi connectivity index (χ0n) is 13.3. The number of hydrogen-bond donors (Lipinski definition) is 1. The highest BCUT2D eigenvalue weighted by Gasteiger charge is 2.26. The molecule has 0 saturated carbocycles. The quantitative estimate of drug-likeness (QED) is 0.511. The highest BCUT2D eigenvalue weighted by atomic mass is 16.2. The number of carbonyl (C=O) groups is 1. The number of piperidine rings is 1. The van der Waals surface area contributed by atoms with E-state index in [2.05, 4.69) is 33.6 Å². The molecule has 1 heterocycles. The number of carbonyl (C=O) groups excluding carboxylic acids is 1. The monoisotopic (exact) mass is 282 g/mol. The van der Waals surface area contributed by atoms with Crippen LogP contribution in [0.3, 0.4) is 0 Å². The lowest BCUT2D eigenvalue weighted by molar-refractivity contribution is -0.133. The molecule has 20 heavy (non-hydrogen) atoms. The van der Waals surface area contributed by atoms with Crippen molar-refractivity contribution in [3.63, 3.8) is 0 Å². The van der Waals surface area contributed by atoms with Crippen molar-refractivity contribution in [2.24, 2.45) is 0 Å². The van der Waals surface area contributed by atoms with Crippen LogP contribution < -0.4 is 5.32 Å². The molecule has 0 aromatic rings. The highest BCUT2D eigenvalue weighted by Crippen LogP contribution is 2.15. The van der Waals surface area contributed by atoms with Gasteiger partial charge in [-0.1, -0.05) is 6.08 Å². The molecular formula is C15H30N4O. The first-order valence-corrected chi connectivity index (χ1v) is 7.49. The van der Waals surface area contributed by atoms with E-state index in [1.807, 2.05) is 14.1 Å². The summed E-state index contributed by atoms with van der Waals surface area (Å²) >= 11 is 0. The second kappa shape index (κ2) is 9.10. The average molecular weight is 282 g/mol. The van der Waals surface area contributed by atoms with Gasteiger partial charge >= 0.3 is 0 Å². The molecule has 5 nitrogen and oxygen atoms in total. The lowest BCUT2D eigenvalue weighted by Crippen LogP contribution is -2.50. The van der Waals surface area contributed by atoms with Gasteiger partial charge < -0.3 is 20.0 Å². The van der Waals surface area contributed by atoms with Crippen molar-refractivity contribution in [3.8, 4) is 0 Å². The van der Waals surface area contributed by atoms with Crippen molar-refractivity contribution in [1.29, 1.82) is 0 Å². The summed E-state index contributed by atoms with van der Waals surface area (Å²) in [4.78, 5) is 18.9. The van der Waals surface area contributed by atoms with Gasteiger partial charge in [-0.15, -0.1) is 6.58 Å². The van der Waals surface area contributed by atoms with Crippen molar-refractivity contribution >= 4 is 5.91 Å². The van der Waals surface area contributed by atoms with E-state index in [9.17, 15) is 4.79 Å². The van der Waals surface area contributed by atoms with E-state index in [1.54, 1.807) is 6.08 Å². The third kappa shape index (κ3) is 6.03. The molecule has 0 aliphatic carbocycles. The first kappa shape index (κ1) is 17.1. The van der Waals surface area contributed by atoms with Crippen LogP contribution in [0, 0.1) is 0 Å². The van der Waals surface area contributed by atoms with Crippen LogP contribution in [0.15, 0.2) is 12.7 Å². The number of nitrogens with zero attached hydrogens (tertiary/aromatic N) is 3. The zero-order valence-corrected chi connectivity index (χ0v) is 13.3. The van der Waals surface area contributed by atoms with Gasteiger partial charge in [0, 0.05) is 25.7 Å². The van der Waals surface area contributed by atoms with Crippen molar-refractivity contribution in [2.45, 2.75) is 18.9 Å². The Morgan fingerprint density at radius 2 is 2.00 bits per heavy atom. The maximum atomic E-state index is 12.4. The maximum Gasteiger partial charge on any atom is 0.236 e. The number of likely N-dealkylation sites (tertiary alicyclic amines) is 1. The third-order valence-electron chi connectivity index (χ3n) is 3.80. The summed E-state index contributed by atoms with van der Waals surface area (Å²) in [6.07, 6.45) is 3.95. The van der Waals surface area contributed by atoms with Gasteiger partial charge in [-0.05, 0) is 47.1 Å². The number of likely N-dealkylation sites (N-methyl/N-ethyl adjacent to an activating group) is 1. The highest BCUT2D eigenvalue weighted by molar-refractivity contribution is 5.78. The molecule has 1 fully saturated rings. The van der Waals surface area contributed by atoms with Gasteiger partial charge in [0.2, 0.25) is 5.91 Å². The first-order valence-electron chi connectivity index (χ1n) is 7.49. The minimum Gasteiger partial charge on any atom is -0.337 e. The Labute approximate surface area is 123 Å². The van der Waals surface area contributed by atoms with Gasteiger partial charge in [0.25, 0.3) is 0 Å². The van der Waals surface area contributed by atoms with E-state index in [0.29, 0.717) is 19.1 Å². The van der Waals surface area contributed by atoms with E-state index in [-0.39, 0.29) is 5.91 Å². The molecule has 1 rings (SSSR count). The van der Waals surface area contributed by atoms with E-state index in [1.165, 1.54) is 0 Å². The van der Waals surface area contributed by atoms with Crippen LogP contribution in [0.1, 0.15) is 12.8 Å². The van der Waals surface area contributed by atoms with Crippen molar-refractivity contribution in [1.82, 2.24) is 20.0 Å². The van der Waals surface area contributed by atoms with Gasteiger partial charge in [-0.25, -0.2) is 0 Å². The van der Waals surface area contributed by atoms with Crippen LogP contribution in [-0.4, -0.2) is 87.1 Å².